The van der Waals surface area contributed by atoms with E-state index < -0.39 is 0 Å². The quantitative estimate of drug-likeness (QED) is 0.536. The van der Waals surface area contributed by atoms with Gasteiger partial charge in [0.25, 0.3) is 0 Å². The molecular formula is C26H27N2+. The summed E-state index contributed by atoms with van der Waals surface area (Å²) in [5.74, 6) is 0. The molecule has 0 radical (unpaired) electrons. The Morgan fingerprint density at radius 3 is 2.89 bits per heavy atom. The van der Waals surface area contributed by atoms with Crippen molar-refractivity contribution < 1.29 is 4.57 Å². The van der Waals surface area contributed by atoms with Crippen LogP contribution in [0.25, 0.3) is 16.3 Å². The maximum atomic E-state index is 4.52. The number of hydrogen-bond donors (Lipinski definition) is 0. The summed E-state index contributed by atoms with van der Waals surface area (Å²) in [6.07, 6.45) is 11.6. The Bertz CT molecular complexity index is 1100. The summed E-state index contributed by atoms with van der Waals surface area (Å²) in [5, 5.41) is 2.55. The van der Waals surface area contributed by atoms with Gasteiger partial charge in [-0.1, -0.05) is 49.4 Å². The summed E-state index contributed by atoms with van der Waals surface area (Å²) in [6, 6.07) is 15.0. The van der Waals surface area contributed by atoms with Crippen molar-refractivity contribution in [3.05, 3.63) is 102 Å². The number of pyridine rings is 2. The van der Waals surface area contributed by atoms with Crippen LogP contribution in [0, 0.1) is 6.92 Å². The van der Waals surface area contributed by atoms with Gasteiger partial charge in [-0.05, 0) is 48.1 Å². The van der Waals surface area contributed by atoms with Gasteiger partial charge in [-0.2, -0.15) is 4.57 Å². The lowest BCUT2D eigenvalue weighted by Gasteiger charge is -2.17. The van der Waals surface area contributed by atoms with E-state index in [2.05, 4.69) is 84.7 Å². The highest BCUT2D eigenvalue weighted by atomic mass is 15.0. The van der Waals surface area contributed by atoms with Crippen molar-refractivity contribution in [3.63, 3.8) is 0 Å². The van der Waals surface area contributed by atoms with Crippen molar-refractivity contribution in [2.24, 2.45) is 0 Å². The van der Waals surface area contributed by atoms with Crippen LogP contribution in [-0.2, 0) is 13.0 Å². The average Bonchev–Trinajstić information content (AvgIpc) is 2.72. The SMILES string of the molecule is C=C1/C(=C\C=C(\CC)Cc2cc(C)ccn2)CC[n+]2ccc3ccccc3c21. The normalized spacial score (nSPS) is 15.9. The minimum atomic E-state index is 0.905. The van der Waals surface area contributed by atoms with Gasteiger partial charge in [-0.3, -0.25) is 4.98 Å². The topological polar surface area (TPSA) is 16.8 Å². The standard InChI is InChI=1S/C26H27N2/c1-4-21(18-24-17-19(2)11-14-27-24)9-10-22-12-15-28-16-13-23-7-5-6-8-25(23)26(28)20(22)3/h5-11,13-14,16-17H,3-4,12,15,18H2,1-2H3/q+1/b21-9-,22-10-. The molecule has 3 heterocycles. The van der Waals surface area contributed by atoms with Crippen molar-refractivity contribution in [1.82, 2.24) is 4.98 Å². The molecule has 1 aromatic carbocycles. The largest absolute Gasteiger partial charge is 0.261 e. The molecule has 0 unspecified atom stereocenters. The molecule has 0 saturated carbocycles. The lowest BCUT2D eigenvalue weighted by Crippen LogP contribution is -2.41. The summed E-state index contributed by atoms with van der Waals surface area (Å²) in [5.41, 5.74) is 7.53. The molecule has 3 aromatic rings. The summed E-state index contributed by atoms with van der Waals surface area (Å²) in [7, 11) is 0. The molecule has 0 saturated heterocycles. The summed E-state index contributed by atoms with van der Waals surface area (Å²) in [6.45, 7) is 9.79. The number of aromatic nitrogens is 2. The Labute approximate surface area is 167 Å². The van der Waals surface area contributed by atoms with Crippen molar-refractivity contribution in [2.45, 2.75) is 39.7 Å². The van der Waals surface area contributed by atoms with E-state index in [9.17, 15) is 0 Å². The van der Waals surface area contributed by atoms with Gasteiger partial charge in [0, 0.05) is 36.4 Å². The summed E-state index contributed by atoms with van der Waals surface area (Å²) in [4.78, 5) is 4.52. The fourth-order valence-electron chi connectivity index (χ4n) is 3.96. The van der Waals surface area contributed by atoms with Gasteiger partial charge in [0.2, 0.25) is 5.69 Å². The Morgan fingerprint density at radius 1 is 1.21 bits per heavy atom. The van der Waals surface area contributed by atoms with Crippen LogP contribution in [0.1, 0.15) is 36.7 Å². The zero-order valence-corrected chi connectivity index (χ0v) is 16.8. The molecule has 1 aliphatic heterocycles. The second-order valence-corrected chi connectivity index (χ2v) is 7.55. The van der Waals surface area contributed by atoms with Crippen LogP contribution >= 0.6 is 0 Å². The zero-order valence-electron chi connectivity index (χ0n) is 16.8. The second kappa shape index (κ2) is 7.93. The molecule has 0 fully saturated rings. The first-order chi connectivity index (χ1) is 13.7. The minimum absolute atomic E-state index is 0.905. The zero-order chi connectivity index (χ0) is 19.5. The van der Waals surface area contributed by atoms with E-state index >= 15 is 0 Å². The predicted molar refractivity (Wildman–Crippen MR) is 117 cm³/mol. The fraction of sp³-hybridized carbons (Fsp3) is 0.231. The van der Waals surface area contributed by atoms with Crippen molar-refractivity contribution >= 4 is 16.3 Å². The highest BCUT2D eigenvalue weighted by Gasteiger charge is 2.25. The molecule has 140 valence electrons. The molecule has 0 bridgehead atoms. The second-order valence-electron chi connectivity index (χ2n) is 7.55. The van der Waals surface area contributed by atoms with Gasteiger partial charge >= 0.3 is 0 Å². The smallest absolute Gasteiger partial charge is 0.220 e. The molecule has 0 N–H and O–H groups in total. The number of allylic oxidation sites excluding steroid dienone is 5. The molecule has 0 spiro atoms. The van der Waals surface area contributed by atoms with Gasteiger partial charge in [-0.15, -0.1) is 0 Å². The predicted octanol–water partition coefficient (Wildman–Crippen LogP) is 5.75. The van der Waals surface area contributed by atoms with Crippen LogP contribution < -0.4 is 4.57 Å². The van der Waals surface area contributed by atoms with Gasteiger partial charge in [0.1, 0.15) is 0 Å². The first-order valence-corrected chi connectivity index (χ1v) is 10.1. The lowest BCUT2D eigenvalue weighted by atomic mass is 9.92. The van der Waals surface area contributed by atoms with Gasteiger partial charge in [-0.25, -0.2) is 0 Å². The Balaban J connectivity index is 1.64. The first-order valence-electron chi connectivity index (χ1n) is 10.1. The number of hydrogen-bond acceptors (Lipinski definition) is 1. The van der Waals surface area contributed by atoms with Crippen molar-refractivity contribution in [2.75, 3.05) is 0 Å². The lowest BCUT2D eigenvalue weighted by molar-refractivity contribution is -0.699. The van der Waals surface area contributed by atoms with Crippen LogP contribution in [0.15, 0.2) is 84.7 Å². The van der Waals surface area contributed by atoms with E-state index in [4.69, 9.17) is 0 Å². The highest BCUT2D eigenvalue weighted by molar-refractivity contribution is 5.94. The average molecular weight is 368 g/mol. The number of rotatable bonds is 4. The van der Waals surface area contributed by atoms with Crippen LogP contribution in [-0.4, -0.2) is 4.98 Å². The van der Waals surface area contributed by atoms with Gasteiger partial charge < -0.3 is 0 Å². The van der Waals surface area contributed by atoms with Crippen molar-refractivity contribution in [3.8, 4) is 0 Å². The molecule has 4 rings (SSSR count). The van der Waals surface area contributed by atoms with E-state index in [0.29, 0.717) is 0 Å². The summed E-state index contributed by atoms with van der Waals surface area (Å²) < 4.78 is 2.34. The molecular weight excluding hydrogens is 340 g/mol. The number of nitrogens with zero attached hydrogens (tertiary/aromatic N) is 2. The van der Waals surface area contributed by atoms with E-state index in [0.717, 1.165) is 37.1 Å². The third-order valence-electron chi connectivity index (χ3n) is 5.59. The Kier molecular flexibility index (Phi) is 5.21. The van der Waals surface area contributed by atoms with E-state index in [1.165, 1.54) is 33.2 Å². The van der Waals surface area contributed by atoms with Crippen LogP contribution in [0.5, 0.6) is 0 Å². The van der Waals surface area contributed by atoms with Crippen LogP contribution in [0.4, 0.5) is 0 Å². The molecule has 0 aliphatic carbocycles. The first kappa shape index (κ1) is 18.4. The molecule has 2 heteroatoms. The molecule has 0 atom stereocenters. The monoisotopic (exact) mass is 367 g/mol. The molecule has 28 heavy (non-hydrogen) atoms. The van der Waals surface area contributed by atoms with Crippen LogP contribution in [0.3, 0.4) is 0 Å². The van der Waals surface area contributed by atoms with Crippen LogP contribution in [0.2, 0.25) is 0 Å². The fourth-order valence-corrected chi connectivity index (χ4v) is 3.96. The molecule has 2 aromatic heterocycles. The molecule has 0 amide bonds. The van der Waals surface area contributed by atoms with E-state index in [1.54, 1.807) is 0 Å². The minimum Gasteiger partial charge on any atom is -0.261 e. The Hall–Kier alpha value is -3.00. The number of fused-ring (bicyclic) bond motifs is 3. The molecule has 1 aliphatic rings. The number of aryl methyl sites for hydroxylation is 2. The number of benzene rings is 1. The maximum absolute atomic E-state index is 4.52. The van der Waals surface area contributed by atoms with Gasteiger partial charge in [0.05, 0.1) is 5.39 Å². The maximum Gasteiger partial charge on any atom is 0.220 e. The third kappa shape index (κ3) is 3.68. The van der Waals surface area contributed by atoms with E-state index in [-0.39, 0.29) is 0 Å². The third-order valence-corrected chi connectivity index (χ3v) is 5.59. The van der Waals surface area contributed by atoms with E-state index in [1.807, 2.05) is 12.3 Å². The summed E-state index contributed by atoms with van der Waals surface area (Å²) >= 11 is 0. The van der Waals surface area contributed by atoms with Gasteiger partial charge in [0.15, 0.2) is 12.7 Å². The van der Waals surface area contributed by atoms with Crippen molar-refractivity contribution in [1.29, 1.82) is 0 Å². The Morgan fingerprint density at radius 2 is 2.07 bits per heavy atom. The highest BCUT2D eigenvalue weighted by Crippen LogP contribution is 2.31. The molecule has 2 nitrogen and oxygen atoms in total.